The molecule has 2 heterocycles. The summed E-state index contributed by atoms with van der Waals surface area (Å²) >= 11 is -0.346. The first-order valence-corrected chi connectivity index (χ1v) is 39.1. The molecule has 0 N–H and O–H groups in total. The molecule has 0 unspecified atom stereocenters. The molecule has 3 aromatic rings. The van der Waals surface area contributed by atoms with E-state index in [1.54, 1.807) is 46.8 Å². The number of hydrogen-bond acceptors (Lipinski definition) is 2. The Kier molecular flexibility index (Phi) is 22.6. The summed E-state index contributed by atoms with van der Waals surface area (Å²) in [5.74, 6) is 0. The van der Waals surface area contributed by atoms with Gasteiger partial charge in [-0.25, -0.2) is 0 Å². The van der Waals surface area contributed by atoms with Crippen LogP contribution in [0.25, 0.3) is 20.2 Å². The van der Waals surface area contributed by atoms with E-state index in [1.807, 2.05) is 16.9 Å². The van der Waals surface area contributed by atoms with Crippen molar-refractivity contribution < 1.29 is 0 Å². The van der Waals surface area contributed by atoms with E-state index in [1.165, 1.54) is 141 Å². The van der Waals surface area contributed by atoms with Crippen molar-refractivity contribution in [3.63, 3.8) is 0 Å². The summed E-state index contributed by atoms with van der Waals surface area (Å²) in [6, 6.07) is 5.85. The predicted octanol–water partition coefficient (Wildman–Crippen LogP) is 16.5. The summed E-state index contributed by atoms with van der Waals surface area (Å²) < 4.78 is 17.1. The standard InChI is InChI=1S/C22H28S2.6C4H9.2Sn/c1-3-5-7-9-11-17-18(12-10-8-6-4-2)22-20(14-16-24-22)19-13-15-23-21(17)19;6*1-3-4-2;;/h13-14H,3-12H2,1-2H3;6*1,3-4H2,2H3;;. The molecule has 0 saturated carbocycles. The fraction of sp³-hybridized carbons (Fsp3) is 0.783. The van der Waals surface area contributed by atoms with Crippen molar-refractivity contribution in [2.45, 2.75) is 223 Å². The van der Waals surface area contributed by atoms with Gasteiger partial charge in [0.05, 0.1) is 0 Å². The molecular formula is C46H82S2Sn2. The molecule has 4 heteroatoms. The Morgan fingerprint density at radius 1 is 0.360 bits per heavy atom. The Balaban J connectivity index is 2.42. The second kappa shape index (κ2) is 25.0. The van der Waals surface area contributed by atoms with E-state index in [0.717, 1.165) is 0 Å². The van der Waals surface area contributed by atoms with Gasteiger partial charge in [0, 0.05) is 0 Å². The summed E-state index contributed by atoms with van der Waals surface area (Å²) in [6.45, 7) is 19.5. The molecule has 0 atom stereocenters. The molecule has 0 aliphatic heterocycles. The van der Waals surface area contributed by atoms with Gasteiger partial charge in [-0.15, -0.1) is 0 Å². The number of aryl methyl sites for hydroxylation is 2. The van der Waals surface area contributed by atoms with Crippen LogP contribution in [0.3, 0.4) is 0 Å². The number of unbranched alkanes of at least 4 members (excludes halogenated alkanes) is 12. The second-order valence-corrected chi connectivity index (χ2v) is 46.9. The molecule has 0 bridgehead atoms. The van der Waals surface area contributed by atoms with Gasteiger partial charge in [-0.2, -0.15) is 0 Å². The van der Waals surface area contributed by atoms with E-state index < -0.39 is 36.8 Å². The van der Waals surface area contributed by atoms with Crippen molar-refractivity contribution in [2.75, 3.05) is 0 Å². The van der Waals surface area contributed by atoms with E-state index in [2.05, 4.69) is 90.2 Å². The van der Waals surface area contributed by atoms with Crippen LogP contribution in [0.15, 0.2) is 12.1 Å². The van der Waals surface area contributed by atoms with E-state index >= 15 is 0 Å². The van der Waals surface area contributed by atoms with Crippen LogP contribution in [-0.4, -0.2) is 36.8 Å². The summed E-state index contributed by atoms with van der Waals surface area (Å²) in [6.07, 6.45) is 30.6. The molecule has 286 valence electrons. The predicted molar refractivity (Wildman–Crippen MR) is 242 cm³/mol. The zero-order valence-corrected chi connectivity index (χ0v) is 42.1. The number of benzene rings is 1. The van der Waals surface area contributed by atoms with Crippen LogP contribution in [0.2, 0.25) is 26.6 Å². The average Bonchev–Trinajstić information content (AvgIpc) is 3.79. The number of thiophene rings is 2. The monoisotopic (exact) mass is 938 g/mol. The zero-order valence-electron chi connectivity index (χ0n) is 34.8. The zero-order chi connectivity index (χ0) is 36.2. The van der Waals surface area contributed by atoms with Gasteiger partial charge >= 0.3 is 332 Å². The van der Waals surface area contributed by atoms with Gasteiger partial charge in [-0.3, -0.25) is 0 Å². The van der Waals surface area contributed by atoms with E-state index in [-0.39, 0.29) is 0 Å². The van der Waals surface area contributed by atoms with Gasteiger partial charge in [0.25, 0.3) is 0 Å². The van der Waals surface area contributed by atoms with Crippen molar-refractivity contribution in [2.24, 2.45) is 0 Å². The van der Waals surface area contributed by atoms with Crippen LogP contribution < -0.4 is 5.79 Å². The molecule has 0 fully saturated rings. The molecule has 3 rings (SSSR count). The summed E-state index contributed by atoms with van der Waals surface area (Å²) in [5.41, 5.74) is 3.67. The molecule has 2 aromatic heterocycles. The maximum absolute atomic E-state index is 2.92. The molecule has 0 saturated heterocycles. The van der Waals surface area contributed by atoms with Crippen LogP contribution >= 0.6 is 22.7 Å². The summed E-state index contributed by atoms with van der Waals surface area (Å²) in [4.78, 5) is 0. The fourth-order valence-electron chi connectivity index (χ4n) is 8.99. The molecule has 0 amide bonds. The second-order valence-electron chi connectivity index (χ2n) is 16.5. The first-order valence-electron chi connectivity index (χ1n) is 22.5. The topological polar surface area (TPSA) is 0 Å². The maximum atomic E-state index is 2.92. The normalized spacial score (nSPS) is 12.6. The molecule has 50 heavy (non-hydrogen) atoms. The SMILES string of the molecule is CCCCCCc1c(CCCCCC)c2s[c]([Sn]([CH2]CCC)([CH2]CCC)[CH2]CCC)cc2c2c[c]([Sn]([CH2]CCC)([CH2]CCC)[CH2]CCC)sc12. The Morgan fingerprint density at radius 3 is 0.900 bits per heavy atom. The minimum absolute atomic E-state index is 1.32. The van der Waals surface area contributed by atoms with Crippen molar-refractivity contribution in [3.05, 3.63) is 23.3 Å². The van der Waals surface area contributed by atoms with E-state index in [9.17, 15) is 0 Å². The number of fused-ring (bicyclic) bond motifs is 3. The Bertz CT molecular complexity index is 1190. The first-order chi connectivity index (χ1) is 24.4. The van der Waals surface area contributed by atoms with Crippen LogP contribution in [0, 0.1) is 0 Å². The van der Waals surface area contributed by atoms with Gasteiger partial charge in [0.15, 0.2) is 0 Å². The first kappa shape index (κ1) is 45.1. The van der Waals surface area contributed by atoms with Crippen LogP contribution in [0.5, 0.6) is 0 Å². The number of rotatable bonds is 30. The van der Waals surface area contributed by atoms with E-state index in [0.29, 0.717) is 0 Å². The molecule has 0 aliphatic rings. The third kappa shape index (κ3) is 12.4. The van der Waals surface area contributed by atoms with Gasteiger partial charge in [0.1, 0.15) is 0 Å². The molecule has 0 nitrogen and oxygen atoms in total. The van der Waals surface area contributed by atoms with Gasteiger partial charge in [-0.05, 0) is 0 Å². The average molecular weight is 937 g/mol. The quantitative estimate of drug-likeness (QED) is 0.0462. The van der Waals surface area contributed by atoms with Crippen LogP contribution in [-0.2, 0) is 12.8 Å². The molecular weight excluding hydrogens is 854 g/mol. The van der Waals surface area contributed by atoms with Gasteiger partial charge in [-0.1, -0.05) is 0 Å². The molecule has 1 aromatic carbocycles. The third-order valence-electron chi connectivity index (χ3n) is 12.3. The van der Waals surface area contributed by atoms with Gasteiger partial charge in [0.2, 0.25) is 0 Å². The minimum atomic E-state index is -2.57. The van der Waals surface area contributed by atoms with E-state index in [4.69, 9.17) is 0 Å². The third-order valence-corrected chi connectivity index (χ3v) is 51.1. The summed E-state index contributed by atoms with van der Waals surface area (Å²) in [7, 11) is 0. The Labute approximate surface area is 328 Å². The molecule has 0 spiro atoms. The van der Waals surface area contributed by atoms with Crippen molar-refractivity contribution >= 4 is 85.4 Å². The van der Waals surface area contributed by atoms with Crippen LogP contribution in [0.4, 0.5) is 0 Å². The molecule has 0 radical (unpaired) electrons. The van der Waals surface area contributed by atoms with Crippen molar-refractivity contribution in [3.8, 4) is 0 Å². The summed E-state index contributed by atoms with van der Waals surface area (Å²) in [5, 5.41) is 3.47. The van der Waals surface area contributed by atoms with Crippen LogP contribution in [0.1, 0.15) is 195 Å². The Morgan fingerprint density at radius 2 is 0.640 bits per heavy atom. The fourth-order valence-corrected chi connectivity index (χ4v) is 49.8. The Hall–Kier alpha value is 0.737. The van der Waals surface area contributed by atoms with Crippen molar-refractivity contribution in [1.82, 2.24) is 0 Å². The molecule has 0 aliphatic carbocycles. The van der Waals surface area contributed by atoms with Gasteiger partial charge < -0.3 is 0 Å². The number of hydrogen-bond donors (Lipinski definition) is 0. The van der Waals surface area contributed by atoms with Crippen molar-refractivity contribution in [1.29, 1.82) is 0 Å².